The number of carbonyl (C=O) groups is 2. The Hall–Kier alpha value is -2.63. The number of carbonyl (C=O) groups excluding carboxylic acids is 2. The number of amides is 1. The van der Waals surface area contributed by atoms with E-state index >= 15 is 0 Å². The molecule has 2 aromatic carbocycles. The van der Waals surface area contributed by atoms with Crippen LogP contribution in [0, 0.1) is 0 Å². The number of halogens is 1. The fourth-order valence-electron chi connectivity index (χ4n) is 2.54. The highest BCUT2D eigenvalue weighted by Gasteiger charge is 2.25. The minimum Gasteiger partial charge on any atom is -0.443 e. The van der Waals surface area contributed by atoms with Crippen LogP contribution in [0.15, 0.2) is 72.1 Å². The molecule has 0 aliphatic rings. The van der Waals surface area contributed by atoms with Crippen molar-refractivity contribution in [3.05, 3.63) is 93.1 Å². The van der Waals surface area contributed by atoms with Gasteiger partial charge in [-0.3, -0.25) is 4.79 Å². The normalized spacial score (nSPS) is 11.6. The average molecular weight is 400 g/mol. The third kappa shape index (κ3) is 5.42. The van der Waals surface area contributed by atoms with Gasteiger partial charge in [0.05, 0.1) is 0 Å². The lowest BCUT2D eigenvalue weighted by Gasteiger charge is -2.18. The maximum Gasteiger partial charge on any atom is 0.349 e. The van der Waals surface area contributed by atoms with Crippen molar-refractivity contribution in [2.45, 2.75) is 12.5 Å². The first-order chi connectivity index (χ1) is 13.1. The highest BCUT2D eigenvalue weighted by molar-refractivity contribution is 7.11. The van der Waals surface area contributed by atoms with Crippen molar-refractivity contribution in [2.24, 2.45) is 0 Å². The van der Waals surface area contributed by atoms with Gasteiger partial charge in [-0.1, -0.05) is 60.1 Å². The summed E-state index contributed by atoms with van der Waals surface area (Å²) in [5, 5.41) is 5.18. The average Bonchev–Trinajstić information content (AvgIpc) is 3.22. The molecule has 1 aromatic heterocycles. The van der Waals surface area contributed by atoms with Gasteiger partial charge in [-0.2, -0.15) is 0 Å². The monoisotopic (exact) mass is 399 g/mol. The molecule has 6 heteroatoms. The van der Waals surface area contributed by atoms with Gasteiger partial charge in [-0.25, -0.2) is 4.79 Å². The summed E-state index contributed by atoms with van der Waals surface area (Å²) < 4.78 is 5.50. The smallest absolute Gasteiger partial charge is 0.349 e. The molecule has 1 unspecified atom stereocenters. The van der Waals surface area contributed by atoms with Crippen molar-refractivity contribution in [3.8, 4) is 0 Å². The second kappa shape index (κ2) is 9.35. The number of hydrogen-bond donors (Lipinski definition) is 1. The maximum absolute atomic E-state index is 12.7. The zero-order chi connectivity index (χ0) is 19.1. The van der Waals surface area contributed by atoms with E-state index in [9.17, 15) is 9.59 Å². The fraction of sp³-hybridized carbons (Fsp3) is 0.143. The lowest BCUT2D eigenvalue weighted by Crippen LogP contribution is -2.33. The molecule has 0 aliphatic heterocycles. The first-order valence-corrected chi connectivity index (χ1v) is 9.71. The van der Waals surface area contributed by atoms with E-state index < -0.39 is 12.1 Å². The van der Waals surface area contributed by atoms with Crippen molar-refractivity contribution >= 4 is 34.8 Å². The number of ether oxygens (including phenoxy) is 1. The minimum absolute atomic E-state index is 0.363. The number of benzene rings is 2. The quantitative estimate of drug-likeness (QED) is 0.588. The van der Waals surface area contributed by atoms with Crippen LogP contribution in [0.5, 0.6) is 0 Å². The SMILES string of the molecule is O=C(OC(C(=O)NCCc1ccccc1)c1ccc(Cl)cc1)c1cccs1. The van der Waals surface area contributed by atoms with Gasteiger partial charge in [0.15, 0.2) is 0 Å². The van der Waals surface area contributed by atoms with Crippen LogP contribution in [-0.4, -0.2) is 18.4 Å². The summed E-state index contributed by atoms with van der Waals surface area (Å²) in [5.74, 6) is -0.888. The second-order valence-electron chi connectivity index (χ2n) is 5.84. The van der Waals surface area contributed by atoms with Crippen molar-refractivity contribution < 1.29 is 14.3 Å². The Morgan fingerprint density at radius 2 is 1.74 bits per heavy atom. The number of esters is 1. The molecule has 27 heavy (non-hydrogen) atoms. The Morgan fingerprint density at radius 1 is 1.00 bits per heavy atom. The standard InChI is InChI=1S/C21H18ClNO3S/c22-17-10-8-16(9-11-17)19(26-21(25)18-7-4-14-27-18)20(24)23-13-12-15-5-2-1-3-6-15/h1-11,14,19H,12-13H2,(H,23,24). The van der Waals surface area contributed by atoms with E-state index in [1.165, 1.54) is 11.3 Å². The molecule has 0 fully saturated rings. The molecule has 0 aliphatic carbocycles. The number of hydrogen-bond acceptors (Lipinski definition) is 4. The lowest BCUT2D eigenvalue weighted by molar-refractivity contribution is -0.130. The van der Waals surface area contributed by atoms with Crippen LogP contribution in [0.1, 0.15) is 26.9 Å². The third-order valence-corrected chi connectivity index (χ3v) is 5.02. The fourth-order valence-corrected chi connectivity index (χ4v) is 3.27. The lowest BCUT2D eigenvalue weighted by atomic mass is 10.1. The molecule has 1 amide bonds. The molecular formula is C21H18ClNO3S. The summed E-state index contributed by atoms with van der Waals surface area (Å²) in [6.07, 6.45) is -0.341. The van der Waals surface area contributed by atoms with Crippen LogP contribution in [0.2, 0.25) is 5.02 Å². The van der Waals surface area contributed by atoms with Gasteiger partial charge in [0.2, 0.25) is 6.10 Å². The summed E-state index contributed by atoms with van der Waals surface area (Å²) in [6.45, 7) is 0.448. The zero-order valence-electron chi connectivity index (χ0n) is 14.4. The van der Waals surface area contributed by atoms with Crippen LogP contribution in [0.3, 0.4) is 0 Å². The van der Waals surface area contributed by atoms with Gasteiger partial charge in [-0.15, -0.1) is 11.3 Å². The van der Waals surface area contributed by atoms with Crippen LogP contribution in [-0.2, 0) is 16.0 Å². The van der Waals surface area contributed by atoms with E-state index in [1.807, 2.05) is 30.3 Å². The van der Waals surface area contributed by atoms with Gasteiger partial charge in [-0.05, 0) is 35.6 Å². The summed E-state index contributed by atoms with van der Waals surface area (Å²) >= 11 is 7.20. The Morgan fingerprint density at radius 3 is 2.41 bits per heavy atom. The Bertz CT molecular complexity index is 880. The molecule has 3 aromatic rings. The van der Waals surface area contributed by atoms with Crippen molar-refractivity contribution in [2.75, 3.05) is 6.54 Å². The van der Waals surface area contributed by atoms with Gasteiger partial charge in [0.25, 0.3) is 5.91 Å². The van der Waals surface area contributed by atoms with Crippen LogP contribution >= 0.6 is 22.9 Å². The third-order valence-electron chi connectivity index (χ3n) is 3.91. The topological polar surface area (TPSA) is 55.4 Å². The van der Waals surface area contributed by atoms with Gasteiger partial charge in [0.1, 0.15) is 4.88 Å². The molecule has 0 saturated heterocycles. The molecule has 1 N–H and O–H groups in total. The molecular weight excluding hydrogens is 382 g/mol. The maximum atomic E-state index is 12.7. The highest BCUT2D eigenvalue weighted by Crippen LogP contribution is 2.23. The first-order valence-electron chi connectivity index (χ1n) is 8.45. The predicted octanol–water partition coefficient (Wildman–Crippen LogP) is 4.66. The van der Waals surface area contributed by atoms with E-state index in [-0.39, 0.29) is 5.91 Å². The Kier molecular flexibility index (Phi) is 6.63. The largest absolute Gasteiger partial charge is 0.443 e. The van der Waals surface area contributed by atoms with Crippen molar-refractivity contribution in [1.29, 1.82) is 0 Å². The zero-order valence-corrected chi connectivity index (χ0v) is 16.0. The summed E-state index contributed by atoms with van der Waals surface area (Å²) in [5.41, 5.74) is 1.69. The second-order valence-corrected chi connectivity index (χ2v) is 7.22. The number of thiophene rings is 1. The summed E-state index contributed by atoms with van der Waals surface area (Å²) in [7, 11) is 0. The van der Waals surface area contributed by atoms with Crippen molar-refractivity contribution in [1.82, 2.24) is 5.32 Å². The minimum atomic E-state index is -1.03. The Labute approximate surface area is 166 Å². The van der Waals surface area contributed by atoms with E-state index in [0.29, 0.717) is 28.4 Å². The van der Waals surface area contributed by atoms with E-state index in [0.717, 1.165) is 5.56 Å². The van der Waals surface area contributed by atoms with Gasteiger partial charge in [0, 0.05) is 17.1 Å². The molecule has 138 valence electrons. The molecule has 0 saturated carbocycles. The van der Waals surface area contributed by atoms with Gasteiger partial charge >= 0.3 is 5.97 Å². The first kappa shape index (κ1) is 19.1. The summed E-state index contributed by atoms with van der Waals surface area (Å²) in [4.78, 5) is 25.5. The van der Waals surface area contributed by atoms with Gasteiger partial charge < -0.3 is 10.1 Å². The van der Waals surface area contributed by atoms with E-state index in [4.69, 9.17) is 16.3 Å². The molecule has 1 atom stereocenters. The highest BCUT2D eigenvalue weighted by atomic mass is 35.5. The number of rotatable bonds is 7. The Balaban J connectivity index is 1.69. The molecule has 0 bridgehead atoms. The molecule has 3 rings (SSSR count). The molecule has 1 heterocycles. The molecule has 4 nitrogen and oxygen atoms in total. The van der Waals surface area contributed by atoms with Crippen LogP contribution < -0.4 is 5.32 Å². The van der Waals surface area contributed by atoms with E-state index in [2.05, 4.69) is 5.32 Å². The van der Waals surface area contributed by atoms with Crippen molar-refractivity contribution in [3.63, 3.8) is 0 Å². The summed E-state index contributed by atoms with van der Waals surface area (Å²) in [6, 6.07) is 20.0. The predicted molar refractivity (Wildman–Crippen MR) is 107 cm³/mol. The molecule has 0 radical (unpaired) electrons. The van der Waals surface area contributed by atoms with Crippen LogP contribution in [0.4, 0.5) is 0 Å². The van der Waals surface area contributed by atoms with Crippen LogP contribution in [0.25, 0.3) is 0 Å². The van der Waals surface area contributed by atoms with E-state index in [1.54, 1.807) is 41.8 Å². The molecule has 0 spiro atoms. The number of nitrogens with one attached hydrogen (secondary N) is 1.